The molecular weight excluding hydrogens is 176 g/mol. The first-order valence-corrected chi connectivity index (χ1v) is 3.88. The van der Waals surface area contributed by atoms with E-state index in [0.29, 0.717) is 0 Å². The van der Waals surface area contributed by atoms with Crippen molar-refractivity contribution in [3.8, 4) is 0 Å². The van der Waals surface area contributed by atoms with E-state index in [1.165, 1.54) is 14.0 Å². The Balaban J connectivity index is 2.68. The molecule has 1 atom stereocenters. The molecule has 1 rings (SSSR count). The van der Waals surface area contributed by atoms with Crippen molar-refractivity contribution in [2.24, 2.45) is 0 Å². The van der Waals surface area contributed by atoms with Crippen molar-refractivity contribution in [1.29, 1.82) is 0 Å². The number of hydrazine groups is 1. The van der Waals surface area contributed by atoms with E-state index in [4.69, 9.17) is 14.2 Å². The molecule has 1 aliphatic rings. The molecule has 2 N–H and O–H groups in total. The van der Waals surface area contributed by atoms with Crippen LogP contribution in [-0.2, 0) is 19.0 Å². The number of carbonyl (C=O) groups is 1. The minimum Gasteiger partial charge on any atom is -0.394 e. The Labute approximate surface area is 76.5 Å². The number of rotatable bonds is 2. The lowest BCUT2D eigenvalue weighted by Crippen LogP contribution is -2.49. The lowest BCUT2D eigenvalue weighted by molar-refractivity contribution is -0.363. The Morgan fingerprint density at radius 2 is 2.00 bits per heavy atom. The second kappa shape index (κ2) is 3.22. The molecule has 0 aliphatic carbocycles. The molecular formula is C7H14N2O4. The summed E-state index contributed by atoms with van der Waals surface area (Å²) in [5, 5.41) is 0. The first kappa shape index (κ1) is 10.4. The van der Waals surface area contributed by atoms with E-state index in [9.17, 15) is 4.79 Å². The monoisotopic (exact) mass is 190 g/mol. The zero-order valence-corrected chi connectivity index (χ0v) is 8.13. The third kappa shape index (κ3) is 2.38. The average molecular weight is 190 g/mol. The smallest absolute Gasteiger partial charge is 0.394 e. The third-order valence-corrected chi connectivity index (χ3v) is 1.45. The summed E-state index contributed by atoms with van der Waals surface area (Å²) < 4.78 is 15.0. The van der Waals surface area contributed by atoms with E-state index in [1.54, 1.807) is 13.8 Å². The molecule has 1 aliphatic heterocycles. The van der Waals surface area contributed by atoms with E-state index < -0.39 is 17.8 Å². The molecule has 0 saturated carbocycles. The Morgan fingerprint density at radius 3 is 2.31 bits per heavy atom. The molecule has 1 saturated heterocycles. The quantitative estimate of drug-likeness (QED) is 0.459. The highest BCUT2D eigenvalue weighted by Crippen LogP contribution is 2.23. The number of nitrogens with one attached hydrogen (secondary N) is 2. The van der Waals surface area contributed by atoms with Gasteiger partial charge in [0, 0.05) is 14.0 Å². The third-order valence-electron chi connectivity index (χ3n) is 1.45. The molecule has 76 valence electrons. The van der Waals surface area contributed by atoms with Crippen LogP contribution < -0.4 is 10.9 Å². The fourth-order valence-electron chi connectivity index (χ4n) is 0.984. The van der Waals surface area contributed by atoms with Crippen LogP contribution in [0, 0.1) is 0 Å². The van der Waals surface area contributed by atoms with E-state index in [2.05, 4.69) is 10.9 Å². The molecule has 0 aromatic heterocycles. The van der Waals surface area contributed by atoms with Gasteiger partial charge in [0.05, 0.1) is 0 Å². The lowest BCUT2D eigenvalue weighted by atomic mass is 10.3. The highest BCUT2D eigenvalue weighted by atomic mass is 16.9. The Morgan fingerprint density at radius 1 is 1.38 bits per heavy atom. The molecule has 1 fully saturated rings. The predicted molar refractivity (Wildman–Crippen MR) is 42.9 cm³/mol. The van der Waals surface area contributed by atoms with Gasteiger partial charge < -0.3 is 9.47 Å². The minimum atomic E-state index is -1.52. The number of ether oxygens (including phenoxy) is 3. The highest BCUT2D eigenvalue weighted by Gasteiger charge is 2.48. The van der Waals surface area contributed by atoms with Crippen LogP contribution in [0.2, 0.25) is 0 Å². The van der Waals surface area contributed by atoms with Gasteiger partial charge >= 0.3 is 12.1 Å². The van der Waals surface area contributed by atoms with E-state index in [0.717, 1.165) is 0 Å². The second-order valence-electron chi connectivity index (χ2n) is 3.22. The molecule has 0 aromatic carbocycles. The SMILES string of the molecule is COC1(OC(C)=O)NNC(C)(C)O1. The van der Waals surface area contributed by atoms with Gasteiger partial charge in [0.25, 0.3) is 0 Å². The van der Waals surface area contributed by atoms with Gasteiger partial charge in [-0.05, 0) is 13.8 Å². The number of hydrogen-bond acceptors (Lipinski definition) is 6. The topological polar surface area (TPSA) is 68.8 Å². The molecule has 0 radical (unpaired) electrons. The summed E-state index contributed by atoms with van der Waals surface area (Å²) in [6, 6.07) is 0. The fraction of sp³-hybridized carbons (Fsp3) is 0.857. The summed E-state index contributed by atoms with van der Waals surface area (Å²) in [4.78, 5) is 10.7. The largest absolute Gasteiger partial charge is 0.413 e. The van der Waals surface area contributed by atoms with Crippen molar-refractivity contribution in [3.63, 3.8) is 0 Å². The lowest BCUT2D eigenvalue weighted by Gasteiger charge is -2.25. The van der Waals surface area contributed by atoms with Crippen LogP contribution in [0.4, 0.5) is 0 Å². The maximum absolute atomic E-state index is 10.7. The molecule has 6 nitrogen and oxygen atoms in total. The molecule has 6 heteroatoms. The zero-order chi connectivity index (χ0) is 10.1. The molecule has 0 bridgehead atoms. The van der Waals surface area contributed by atoms with Crippen LogP contribution in [0.3, 0.4) is 0 Å². The first-order chi connectivity index (χ1) is 5.89. The summed E-state index contributed by atoms with van der Waals surface area (Å²) in [7, 11) is 1.37. The van der Waals surface area contributed by atoms with Crippen molar-refractivity contribution < 1.29 is 19.0 Å². The van der Waals surface area contributed by atoms with Crippen LogP contribution in [0.1, 0.15) is 20.8 Å². The van der Waals surface area contributed by atoms with Crippen molar-refractivity contribution in [1.82, 2.24) is 10.9 Å². The van der Waals surface area contributed by atoms with Gasteiger partial charge in [0.15, 0.2) is 0 Å². The number of methoxy groups -OCH3 is 1. The molecule has 13 heavy (non-hydrogen) atoms. The van der Waals surface area contributed by atoms with Crippen molar-refractivity contribution in [2.75, 3.05) is 7.11 Å². The fourth-order valence-corrected chi connectivity index (χ4v) is 0.984. The highest BCUT2D eigenvalue weighted by molar-refractivity contribution is 5.66. The Hall–Kier alpha value is -0.690. The number of carbonyl (C=O) groups excluding carboxylic acids is 1. The summed E-state index contributed by atoms with van der Waals surface area (Å²) in [6.07, 6.45) is -1.52. The minimum absolute atomic E-state index is 0.492. The Bertz CT molecular complexity index is 219. The van der Waals surface area contributed by atoms with Gasteiger partial charge in [-0.1, -0.05) is 0 Å². The van der Waals surface area contributed by atoms with Gasteiger partial charge in [-0.15, -0.1) is 0 Å². The zero-order valence-electron chi connectivity index (χ0n) is 8.13. The van der Waals surface area contributed by atoms with Crippen LogP contribution in [0.25, 0.3) is 0 Å². The van der Waals surface area contributed by atoms with Crippen LogP contribution in [0.5, 0.6) is 0 Å². The summed E-state index contributed by atoms with van der Waals surface area (Å²) in [6.45, 7) is 4.81. The molecule has 1 heterocycles. The van der Waals surface area contributed by atoms with E-state index >= 15 is 0 Å². The van der Waals surface area contributed by atoms with Crippen molar-refractivity contribution in [3.05, 3.63) is 0 Å². The van der Waals surface area contributed by atoms with Gasteiger partial charge in [0.2, 0.25) is 0 Å². The van der Waals surface area contributed by atoms with Crippen LogP contribution >= 0.6 is 0 Å². The molecule has 0 aromatic rings. The maximum atomic E-state index is 10.7. The Kier molecular flexibility index (Phi) is 2.58. The van der Waals surface area contributed by atoms with Crippen molar-refractivity contribution in [2.45, 2.75) is 32.6 Å². The second-order valence-corrected chi connectivity index (χ2v) is 3.22. The van der Waals surface area contributed by atoms with Crippen LogP contribution in [0.15, 0.2) is 0 Å². The van der Waals surface area contributed by atoms with Gasteiger partial charge in [-0.2, -0.15) is 5.43 Å². The van der Waals surface area contributed by atoms with E-state index in [1.807, 2.05) is 0 Å². The van der Waals surface area contributed by atoms with Crippen molar-refractivity contribution >= 4 is 5.97 Å². The summed E-state index contributed by atoms with van der Waals surface area (Å²) in [5.74, 6) is -0.492. The maximum Gasteiger partial charge on any atom is 0.413 e. The average Bonchev–Trinajstić information content (AvgIpc) is 2.26. The predicted octanol–water partition coefficient (Wildman–Crippen LogP) is -0.332. The number of esters is 1. The molecule has 0 amide bonds. The molecule has 1 unspecified atom stereocenters. The van der Waals surface area contributed by atoms with Gasteiger partial charge in [-0.25, -0.2) is 5.43 Å². The summed E-state index contributed by atoms with van der Waals surface area (Å²) in [5.41, 5.74) is 4.73. The van der Waals surface area contributed by atoms with E-state index in [-0.39, 0.29) is 0 Å². The van der Waals surface area contributed by atoms with Gasteiger partial charge in [-0.3, -0.25) is 9.53 Å². The molecule has 0 spiro atoms. The van der Waals surface area contributed by atoms with Crippen LogP contribution in [-0.4, -0.2) is 24.9 Å². The standard InChI is InChI=1S/C7H14N2O4/c1-5(10)12-7(11-4)9-8-6(2,3)13-7/h8-9H,1-4H3. The normalized spacial score (nSPS) is 31.7. The first-order valence-electron chi connectivity index (χ1n) is 3.88. The number of hydrogen-bond donors (Lipinski definition) is 2. The van der Waals surface area contributed by atoms with Gasteiger partial charge in [0.1, 0.15) is 5.72 Å². The summed E-state index contributed by atoms with van der Waals surface area (Å²) >= 11 is 0.